The Labute approximate surface area is 196 Å². The zero-order chi connectivity index (χ0) is 25.7. The lowest BCUT2D eigenvalue weighted by Crippen LogP contribution is -2.31. The highest BCUT2D eigenvalue weighted by Gasteiger charge is 2.22. The van der Waals surface area contributed by atoms with Crippen LogP contribution in [0, 0.1) is 20.2 Å². The van der Waals surface area contributed by atoms with Crippen molar-refractivity contribution in [3.05, 3.63) is 92.0 Å². The molecule has 0 spiro atoms. The molecule has 0 aliphatic heterocycles. The SMILES string of the molecule is O=C(Oc1cccc(OC(=O)c2cc(B(O)O)cc([N+](=O)[O-])c2)c1)c1cc(BO)cc([N+](=O)[O-])c1. The Kier molecular flexibility index (Phi) is 7.56. The first-order valence-corrected chi connectivity index (χ1v) is 9.66. The van der Waals surface area contributed by atoms with Crippen molar-refractivity contribution < 1.29 is 44.0 Å². The predicted molar refractivity (Wildman–Crippen MR) is 121 cm³/mol. The zero-order valence-corrected chi connectivity index (χ0v) is 17.6. The lowest BCUT2D eigenvalue weighted by atomic mass is 9.79. The summed E-state index contributed by atoms with van der Waals surface area (Å²) in [6.45, 7) is 0. The Morgan fingerprint density at radius 2 is 1.31 bits per heavy atom. The van der Waals surface area contributed by atoms with Gasteiger partial charge in [-0.2, -0.15) is 0 Å². The molecule has 0 atom stereocenters. The number of nitro benzene ring substituents is 2. The van der Waals surface area contributed by atoms with Gasteiger partial charge in [0.1, 0.15) is 11.5 Å². The van der Waals surface area contributed by atoms with Gasteiger partial charge < -0.3 is 24.5 Å². The van der Waals surface area contributed by atoms with Crippen LogP contribution in [-0.2, 0) is 0 Å². The number of ether oxygens (including phenoxy) is 2. The molecule has 0 fully saturated rings. The first-order valence-electron chi connectivity index (χ1n) is 9.66. The summed E-state index contributed by atoms with van der Waals surface area (Å²) < 4.78 is 10.3. The van der Waals surface area contributed by atoms with Gasteiger partial charge in [0.25, 0.3) is 11.4 Å². The summed E-state index contributed by atoms with van der Waals surface area (Å²) in [6, 6.07) is 11.3. The molecule has 3 N–H and O–H groups in total. The monoisotopic (exact) mass is 480 g/mol. The topological polar surface area (TPSA) is 200 Å². The van der Waals surface area contributed by atoms with Crippen LogP contribution >= 0.6 is 0 Å². The van der Waals surface area contributed by atoms with Crippen LogP contribution in [0.5, 0.6) is 11.5 Å². The summed E-state index contributed by atoms with van der Waals surface area (Å²) in [7, 11) is -2.61. The number of hydrogen-bond acceptors (Lipinski definition) is 11. The van der Waals surface area contributed by atoms with Crippen LogP contribution in [0.25, 0.3) is 0 Å². The summed E-state index contributed by atoms with van der Waals surface area (Å²) >= 11 is 0. The summed E-state index contributed by atoms with van der Waals surface area (Å²) in [6.07, 6.45) is 0. The molecule has 13 nitrogen and oxygen atoms in total. The molecular formula is C20H14B2N2O11. The minimum atomic E-state index is -2.07. The number of esters is 2. The molecule has 0 radical (unpaired) electrons. The Hall–Kier alpha value is -4.59. The molecule has 0 aliphatic rings. The van der Waals surface area contributed by atoms with E-state index in [9.17, 15) is 44.9 Å². The van der Waals surface area contributed by atoms with E-state index < -0.39 is 47.8 Å². The van der Waals surface area contributed by atoms with Gasteiger partial charge in [0.15, 0.2) is 0 Å². The van der Waals surface area contributed by atoms with Gasteiger partial charge >= 0.3 is 26.5 Å². The lowest BCUT2D eigenvalue weighted by Gasteiger charge is -2.09. The molecule has 0 heterocycles. The first-order chi connectivity index (χ1) is 16.6. The molecule has 0 saturated heterocycles. The van der Waals surface area contributed by atoms with Gasteiger partial charge in [-0.3, -0.25) is 20.2 Å². The molecule has 0 aromatic heterocycles. The fraction of sp³-hybridized carbons (Fsp3) is 0. The van der Waals surface area contributed by atoms with Crippen LogP contribution in [0.2, 0.25) is 0 Å². The molecule has 0 saturated carbocycles. The van der Waals surface area contributed by atoms with Gasteiger partial charge in [-0.25, -0.2) is 9.59 Å². The van der Waals surface area contributed by atoms with Crippen LogP contribution < -0.4 is 20.4 Å². The van der Waals surface area contributed by atoms with Crippen LogP contribution in [0.1, 0.15) is 20.7 Å². The average molecular weight is 480 g/mol. The summed E-state index contributed by atoms with van der Waals surface area (Å²) in [5.41, 5.74) is -1.69. The fourth-order valence-corrected chi connectivity index (χ4v) is 2.93. The van der Waals surface area contributed by atoms with Crippen molar-refractivity contribution in [2.24, 2.45) is 0 Å². The van der Waals surface area contributed by atoms with Gasteiger partial charge in [-0.1, -0.05) is 12.1 Å². The van der Waals surface area contributed by atoms with Crippen LogP contribution in [0.3, 0.4) is 0 Å². The average Bonchev–Trinajstić information content (AvgIpc) is 2.83. The second-order valence-electron chi connectivity index (χ2n) is 7.00. The van der Waals surface area contributed by atoms with E-state index in [2.05, 4.69) is 0 Å². The van der Waals surface area contributed by atoms with E-state index in [-0.39, 0.29) is 33.6 Å². The Bertz CT molecular complexity index is 1330. The summed E-state index contributed by atoms with van der Waals surface area (Å²) in [5.74, 6) is -2.26. The quantitative estimate of drug-likeness (QED) is 0.125. The Morgan fingerprint density at radius 1 is 0.800 bits per heavy atom. The number of rotatable bonds is 8. The summed E-state index contributed by atoms with van der Waals surface area (Å²) in [5, 5.41) is 50.0. The highest BCUT2D eigenvalue weighted by Crippen LogP contribution is 2.23. The molecule has 3 rings (SSSR count). The second kappa shape index (κ2) is 10.6. The van der Waals surface area contributed by atoms with Gasteiger partial charge in [0.05, 0.1) is 21.0 Å². The number of benzene rings is 3. The minimum absolute atomic E-state index is 0.0946. The van der Waals surface area contributed by atoms with Crippen molar-refractivity contribution in [2.45, 2.75) is 0 Å². The van der Waals surface area contributed by atoms with E-state index >= 15 is 0 Å². The molecular weight excluding hydrogens is 466 g/mol. The maximum absolute atomic E-state index is 12.5. The maximum atomic E-state index is 12.5. The van der Waals surface area contributed by atoms with Crippen molar-refractivity contribution in [2.75, 3.05) is 0 Å². The Morgan fingerprint density at radius 3 is 1.80 bits per heavy atom. The maximum Gasteiger partial charge on any atom is 0.488 e. The van der Waals surface area contributed by atoms with Gasteiger partial charge in [-0.15, -0.1) is 0 Å². The molecule has 0 unspecified atom stereocenters. The molecule has 35 heavy (non-hydrogen) atoms. The van der Waals surface area contributed by atoms with Crippen LogP contribution in [-0.4, -0.2) is 51.5 Å². The van der Waals surface area contributed by atoms with Gasteiger partial charge in [0.2, 0.25) is 0 Å². The number of carbonyl (C=O) groups is 2. The van der Waals surface area contributed by atoms with E-state index in [4.69, 9.17) is 9.47 Å². The van der Waals surface area contributed by atoms with E-state index in [1.807, 2.05) is 0 Å². The standard InChI is InChI=1S/C20H14B2N2O11/c25-19(11-4-13(21-27)8-15(6-11)23(30)31)34-17-2-1-3-18(10-17)35-20(26)12-5-14(22(28)29)9-16(7-12)24(32)33/h1-10,21,27-29H. The third-order valence-electron chi connectivity index (χ3n) is 4.52. The van der Waals surface area contributed by atoms with Crippen molar-refractivity contribution >= 4 is 48.8 Å². The van der Waals surface area contributed by atoms with E-state index in [0.717, 1.165) is 36.4 Å². The van der Waals surface area contributed by atoms with Crippen molar-refractivity contribution in [3.8, 4) is 11.5 Å². The van der Waals surface area contributed by atoms with Crippen molar-refractivity contribution in [3.63, 3.8) is 0 Å². The molecule has 0 aliphatic carbocycles. The van der Waals surface area contributed by atoms with Gasteiger partial charge in [-0.05, 0) is 29.1 Å². The number of carbonyl (C=O) groups excluding carboxylic acids is 2. The zero-order valence-electron chi connectivity index (χ0n) is 17.6. The number of nitrogens with zero attached hydrogens (tertiary/aromatic N) is 2. The molecule has 3 aromatic rings. The highest BCUT2D eigenvalue weighted by molar-refractivity contribution is 6.58. The number of nitro groups is 2. The fourth-order valence-electron chi connectivity index (χ4n) is 2.93. The van der Waals surface area contributed by atoms with Crippen molar-refractivity contribution in [1.29, 1.82) is 0 Å². The van der Waals surface area contributed by atoms with Crippen molar-refractivity contribution in [1.82, 2.24) is 0 Å². The third kappa shape index (κ3) is 6.26. The smallest absolute Gasteiger partial charge is 0.449 e. The first kappa shape index (κ1) is 25.0. The molecule has 176 valence electrons. The highest BCUT2D eigenvalue weighted by atomic mass is 16.6. The molecule has 0 bridgehead atoms. The largest absolute Gasteiger partial charge is 0.488 e. The predicted octanol–water partition coefficient (Wildman–Crippen LogP) is -0.410. The van der Waals surface area contributed by atoms with E-state index in [1.165, 1.54) is 24.3 Å². The normalized spacial score (nSPS) is 10.3. The van der Waals surface area contributed by atoms with Gasteiger partial charge in [0, 0.05) is 30.3 Å². The molecule has 0 amide bonds. The lowest BCUT2D eigenvalue weighted by molar-refractivity contribution is -0.385. The number of hydrogen-bond donors (Lipinski definition) is 3. The third-order valence-corrected chi connectivity index (χ3v) is 4.52. The van der Waals surface area contributed by atoms with Crippen LogP contribution in [0.15, 0.2) is 60.7 Å². The number of non-ortho nitro benzene ring substituents is 2. The van der Waals surface area contributed by atoms with E-state index in [0.29, 0.717) is 0 Å². The molecule has 3 aromatic carbocycles. The van der Waals surface area contributed by atoms with Crippen LogP contribution in [0.4, 0.5) is 11.4 Å². The minimum Gasteiger partial charge on any atom is -0.449 e. The van der Waals surface area contributed by atoms with E-state index in [1.54, 1.807) is 0 Å². The molecule has 15 heteroatoms. The summed E-state index contributed by atoms with van der Waals surface area (Å²) in [4.78, 5) is 45.5. The Balaban J connectivity index is 1.81. The second-order valence-corrected chi connectivity index (χ2v) is 7.00.